The summed E-state index contributed by atoms with van der Waals surface area (Å²) in [6.45, 7) is 5.31. The number of benzene rings is 1. The number of aryl methyl sites for hydroxylation is 1. The molecule has 2 heterocycles. The van der Waals surface area contributed by atoms with E-state index in [0.29, 0.717) is 24.0 Å². The number of ether oxygens (including phenoxy) is 1. The number of carbonyl (C=O) groups is 1. The average molecular weight is 316 g/mol. The fraction of sp³-hybridized carbons (Fsp3) is 0.500. The van der Waals surface area contributed by atoms with E-state index in [1.807, 2.05) is 19.9 Å². The minimum Gasteiger partial charge on any atom is -0.372 e. The van der Waals surface area contributed by atoms with Gasteiger partial charge in [-0.15, -0.1) is 5.10 Å². The summed E-state index contributed by atoms with van der Waals surface area (Å²) in [7, 11) is 0. The number of fused-ring (bicyclic) bond motifs is 1. The summed E-state index contributed by atoms with van der Waals surface area (Å²) < 4.78 is 6.88. The van der Waals surface area contributed by atoms with E-state index in [-0.39, 0.29) is 36.6 Å². The van der Waals surface area contributed by atoms with Gasteiger partial charge in [-0.05, 0) is 26.0 Å². The van der Waals surface area contributed by atoms with Crippen molar-refractivity contribution in [2.75, 3.05) is 13.1 Å². The van der Waals surface area contributed by atoms with Gasteiger partial charge < -0.3 is 9.64 Å². The largest absolute Gasteiger partial charge is 0.372 e. The van der Waals surface area contributed by atoms with Crippen LogP contribution in [0, 0.1) is 0 Å². The van der Waals surface area contributed by atoms with Gasteiger partial charge >= 0.3 is 0 Å². The number of aromatic nitrogens is 3. The molecule has 7 nitrogen and oxygen atoms in total. The highest BCUT2D eigenvalue weighted by atomic mass is 16.5. The predicted molar refractivity (Wildman–Crippen MR) is 85.0 cm³/mol. The van der Waals surface area contributed by atoms with Crippen LogP contribution in [0.3, 0.4) is 0 Å². The highest BCUT2D eigenvalue weighted by molar-refractivity contribution is 5.77. The third-order valence-corrected chi connectivity index (χ3v) is 3.94. The molecule has 1 aliphatic heterocycles. The van der Waals surface area contributed by atoms with E-state index in [1.165, 1.54) is 4.68 Å². The van der Waals surface area contributed by atoms with Gasteiger partial charge in [0.1, 0.15) is 5.52 Å². The molecule has 1 aromatic carbocycles. The molecule has 7 heteroatoms. The third-order valence-electron chi connectivity index (χ3n) is 3.94. The van der Waals surface area contributed by atoms with E-state index in [4.69, 9.17) is 4.74 Å². The maximum Gasteiger partial charge on any atom is 0.277 e. The molecular weight excluding hydrogens is 296 g/mol. The Morgan fingerprint density at radius 1 is 1.26 bits per heavy atom. The van der Waals surface area contributed by atoms with Crippen LogP contribution in [0.15, 0.2) is 29.1 Å². The Kier molecular flexibility index (Phi) is 4.38. The first kappa shape index (κ1) is 15.6. The first-order valence-corrected chi connectivity index (χ1v) is 7.80. The van der Waals surface area contributed by atoms with Crippen LogP contribution in [0.25, 0.3) is 10.9 Å². The smallest absolute Gasteiger partial charge is 0.277 e. The van der Waals surface area contributed by atoms with E-state index in [9.17, 15) is 9.59 Å². The van der Waals surface area contributed by atoms with Gasteiger partial charge in [-0.1, -0.05) is 17.3 Å². The maximum absolute atomic E-state index is 12.3. The maximum atomic E-state index is 12.3. The molecule has 1 aliphatic rings. The van der Waals surface area contributed by atoms with Crippen LogP contribution in [0.2, 0.25) is 0 Å². The Balaban J connectivity index is 1.70. The van der Waals surface area contributed by atoms with Gasteiger partial charge in [0.15, 0.2) is 0 Å². The van der Waals surface area contributed by atoms with Crippen LogP contribution in [-0.4, -0.2) is 51.1 Å². The van der Waals surface area contributed by atoms with Crippen molar-refractivity contribution in [3.8, 4) is 0 Å². The lowest BCUT2D eigenvalue weighted by atomic mass is 10.2. The van der Waals surface area contributed by atoms with Gasteiger partial charge in [-0.2, -0.15) is 0 Å². The molecule has 1 fully saturated rings. The number of rotatable bonds is 3. The highest BCUT2D eigenvalue weighted by Crippen LogP contribution is 2.12. The Bertz CT molecular complexity index is 763. The minimum absolute atomic E-state index is 0.00820. The lowest BCUT2D eigenvalue weighted by Crippen LogP contribution is -2.48. The molecule has 0 spiro atoms. The third kappa shape index (κ3) is 3.39. The summed E-state index contributed by atoms with van der Waals surface area (Å²) in [6.07, 6.45) is 0.295. The molecule has 2 aromatic rings. The van der Waals surface area contributed by atoms with Crippen molar-refractivity contribution in [3.05, 3.63) is 34.6 Å². The highest BCUT2D eigenvalue weighted by Gasteiger charge is 2.25. The molecule has 0 bridgehead atoms. The standard InChI is InChI=1S/C16H20N4O3/c1-11-9-19(10-12(2)23-11)15(21)7-8-20-16(22)13-5-3-4-6-14(13)17-18-20/h3-6,11-12H,7-10H2,1-2H3/t11-,12+. The first-order valence-electron chi connectivity index (χ1n) is 7.80. The van der Waals surface area contributed by atoms with Crippen molar-refractivity contribution in [1.82, 2.24) is 19.9 Å². The quantitative estimate of drug-likeness (QED) is 0.838. The number of hydrogen-bond donors (Lipinski definition) is 0. The van der Waals surface area contributed by atoms with Crippen molar-refractivity contribution >= 4 is 16.8 Å². The zero-order chi connectivity index (χ0) is 16.4. The lowest BCUT2D eigenvalue weighted by Gasteiger charge is -2.35. The molecule has 0 radical (unpaired) electrons. The molecule has 23 heavy (non-hydrogen) atoms. The van der Waals surface area contributed by atoms with Crippen LogP contribution in [-0.2, 0) is 16.1 Å². The average Bonchev–Trinajstić information content (AvgIpc) is 2.53. The molecule has 1 saturated heterocycles. The number of hydrogen-bond acceptors (Lipinski definition) is 5. The van der Waals surface area contributed by atoms with E-state index in [0.717, 1.165) is 0 Å². The number of amides is 1. The zero-order valence-electron chi connectivity index (χ0n) is 13.3. The second-order valence-corrected chi connectivity index (χ2v) is 5.94. The summed E-state index contributed by atoms with van der Waals surface area (Å²) in [5, 5.41) is 8.45. The summed E-state index contributed by atoms with van der Waals surface area (Å²) in [4.78, 5) is 26.5. The molecule has 1 amide bonds. The van der Waals surface area contributed by atoms with Crippen LogP contribution < -0.4 is 5.56 Å². The molecular formula is C16H20N4O3. The Labute approximate surface area is 133 Å². The monoisotopic (exact) mass is 316 g/mol. The van der Waals surface area contributed by atoms with Crippen molar-refractivity contribution in [1.29, 1.82) is 0 Å². The molecule has 0 N–H and O–H groups in total. The van der Waals surface area contributed by atoms with Crippen molar-refractivity contribution < 1.29 is 9.53 Å². The van der Waals surface area contributed by atoms with Gasteiger partial charge in [0.25, 0.3) is 5.56 Å². The first-order chi connectivity index (χ1) is 11.0. The minimum atomic E-state index is -0.216. The summed E-state index contributed by atoms with van der Waals surface area (Å²) >= 11 is 0. The van der Waals surface area contributed by atoms with Crippen LogP contribution >= 0.6 is 0 Å². The second-order valence-electron chi connectivity index (χ2n) is 5.94. The van der Waals surface area contributed by atoms with Crippen molar-refractivity contribution in [2.45, 2.75) is 39.0 Å². The summed E-state index contributed by atoms with van der Waals surface area (Å²) in [6, 6.07) is 7.06. The Morgan fingerprint density at radius 3 is 2.70 bits per heavy atom. The second kappa shape index (κ2) is 6.45. The summed E-state index contributed by atoms with van der Waals surface area (Å²) in [5.41, 5.74) is 0.350. The van der Waals surface area contributed by atoms with Gasteiger partial charge in [0.2, 0.25) is 5.91 Å². The topological polar surface area (TPSA) is 77.3 Å². The number of carbonyl (C=O) groups excluding carboxylic acids is 1. The van der Waals surface area contributed by atoms with Gasteiger partial charge in [0.05, 0.1) is 24.1 Å². The molecule has 2 atom stereocenters. The van der Waals surface area contributed by atoms with Gasteiger partial charge in [0, 0.05) is 19.5 Å². The predicted octanol–water partition coefficient (Wildman–Crippen LogP) is 0.817. The normalized spacial score (nSPS) is 21.6. The van der Waals surface area contributed by atoms with E-state index >= 15 is 0 Å². The van der Waals surface area contributed by atoms with Crippen LogP contribution in [0.1, 0.15) is 20.3 Å². The Hall–Kier alpha value is -2.28. The molecule has 0 aliphatic carbocycles. The molecule has 1 aromatic heterocycles. The Morgan fingerprint density at radius 2 is 1.96 bits per heavy atom. The molecule has 0 unspecified atom stereocenters. The zero-order valence-corrected chi connectivity index (χ0v) is 13.3. The molecule has 122 valence electrons. The van der Waals surface area contributed by atoms with E-state index in [2.05, 4.69) is 10.3 Å². The van der Waals surface area contributed by atoms with E-state index in [1.54, 1.807) is 23.1 Å². The fourth-order valence-corrected chi connectivity index (χ4v) is 2.91. The fourth-order valence-electron chi connectivity index (χ4n) is 2.91. The van der Waals surface area contributed by atoms with Gasteiger partial charge in [-0.3, -0.25) is 9.59 Å². The van der Waals surface area contributed by atoms with E-state index < -0.39 is 0 Å². The van der Waals surface area contributed by atoms with Gasteiger partial charge in [-0.25, -0.2) is 4.68 Å². The lowest BCUT2D eigenvalue weighted by molar-refractivity contribution is -0.143. The van der Waals surface area contributed by atoms with Crippen LogP contribution in [0.4, 0.5) is 0 Å². The number of morpholine rings is 1. The molecule has 0 saturated carbocycles. The molecule has 3 rings (SSSR count). The summed E-state index contributed by atoms with van der Waals surface area (Å²) in [5.74, 6) is 0.00820. The SMILES string of the molecule is C[C@@H]1CN(C(=O)CCn2nnc3ccccc3c2=O)C[C@H](C)O1. The van der Waals surface area contributed by atoms with Crippen molar-refractivity contribution in [2.24, 2.45) is 0 Å². The number of nitrogens with zero attached hydrogens (tertiary/aromatic N) is 4. The van der Waals surface area contributed by atoms with Crippen LogP contribution in [0.5, 0.6) is 0 Å². The van der Waals surface area contributed by atoms with Crippen molar-refractivity contribution in [3.63, 3.8) is 0 Å².